The van der Waals surface area contributed by atoms with Gasteiger partial charge in [0, 0.05) is 0 Å². The van der Waals surface area contributed by atoms with Crippen molar-refractivity contribution >= 4 is 0 Å². The third kappa shape index (κ3) is 4.14. The molecule has 3 unspecified atom stereocenters. The lowest BCUT2D eigenvalue weighted by atomic mass is 9.65. The Hall–Kier alpha value is -0.0400. The largest absolute Gasteiger partial charge is 0.330 e. The highest BCUT2D eigenvalue weighted by atomic mass is 14.5. The average Bonchev–Trinajstić information content (AvgIpc) is 2.25. The van der Waals surface area contributed by atoms with E-state index < -0.39 is 0 Å². The minimum atomic E-state index is 0.504. The number of nitrogens with two attached hydrogens (primary N) is 1. The standard InChI is InChI=1S/C14H31N/c1-6-10-14(5,8-3)13(9-11-15)12(4)7-2/h12-13H,6-11,15H2,1-5H3. The van der Waals surface area contributed by atoms with E-state index in [0.29, 0.717) is 5.41 Å². The van der Waals surface area contributed by atoms with Crippen LogP contribution in [0.25, 0.3) is 0 Å². The van der Waals surface area contributed by atoms with E-state index in [1.165, 1.54) is 32.1 Å². The Morgan fingerprint density at radius 1 is 1.20 bits per heavy atom. The summed E-state index contributed by atoms with van der Waals surface area (Å²) in [4.78, 5) is 0. The normalized spacial score (nSPS) is 19.6. The van der Waals surface area contributed by atoms with Gasteiger partial charge < -0.3 is 5.73 Å². The molecule has 0 aliphatic carbocycles. The predicted octanol–water partition coefficient (Wildman–Crippen LogP) is 4.21. The molecule has 0 spiro atoms. The maximum absolute atomic E-state index is 5.77. The van der Waals surface area contributed by atoms with Crippen LogP contribution >= 0.6 is 0 Å². The molecule has 0 aliphatic rings. The van der Waals surface area contributed by atoms with Crippen molar-refractivity contribution in [2.75, 3.05) is 6.54 Å². The maximum Gasteiger partial charge on any atom is -0.00743 e. The first-order valence-electron chi connectivity index (χ1n) is 6.75. The summed E-state index contributed by atoms with van der Waals surface area (Å²) < 4.78 is 0. The van der Waals surface area contributed by atoms with E-state index in [2.05, 4.69) is 34.6 Å². The third-order valence-corrected chi connectivity index (χ3v) is 4.33. The molecule has 0 aromatic heterocycles. The van der Waals surface area contributed by atoms with E-state index in [4.69, 9.17) is 5.73 Å². The summed E-state index contributed by atoms with van der Waals surface area (Å²) >= 11 is 0. The van der Waals surface area contributed by atoms with Gasteiger partial charge in [0.2, 0.25) is 0 Å². The summed E-state index contributed by atoms with van der Waals surface area (Å²) in [5, 5.41) is 0. The van der Waals surface area contributed by atoms with E-state index in [0.717, 1.165) is 18.4 Å². The second kappa shape index (κ2) is 7.27. The molecule has 0 radical (unpaired) electrons. The first kappa shape index (κ1) is 15.0. The Bertz CT molecular complexity index is 155. The molecule has 0 aromatic carbocycles. The van der Waals surface area contributed by atoms with Crippen LogP contribution < -0.4 is 5.73 Å². The van der Waals surface area contributed by atoms with Crippen molar-refractivity contribution in [3.63, 3.8) is 0 Å². The summed E-state index contributed by atoms with van der Waals surface area (Å²) in [6, 6.07) is 0. The Balaban J connectivity index is 4.66. The van der Waals surface area contributed by atoms with Gasteiger partial charge in [0.15, 0.2) is 0 Å². The van der Waals surface area contributed by atoms with Crippen molar-refractivity contribution in [1.82, 2.24) is 0 Å². The molecule has 0 aliphatic heterocycles. The van der Waals surface area contributed by atoms with Gasteiger partial charge in [0.1, 0.15) is 0 Å². The second-order valence-electron chi connectivity index (χ2n) is 5.33. The zero-order chi connectivity index (χ0) is 11.9. The van der Waals surface area contributed by atoms with Crippen LogP contribution in [0.4, 0.5) is 0 Å². The van der Waals surface area contributed by atoms with Crippen molar-refractivity contribution in [1.29, 1.82) is 0 Å². The van der Waals surface area contributed by atoms with Gasteiger partial charge in [-0.3, -0.25) is 0 Å². The molecule has 15 heavy (non-hydrogen) atoms. The summed E-state index contributed by atoms with van der Waals surface area (Å²) in [5.74, 6) is 1.61. The van der Waals surface area contributed by atoms with Crippen LogP contribution in [0.3, 0.4) is 0 Å². The Morgan fingerprint density at radius 2 is 1.80 bits per heavy atom. The molecule has 0 saturated carbocycles. The monoisotopic (exact) mass is 213 g/mol. The van der Waals surface area contributed by atoms with Crippen LogP contribution in [0.15, 0.2) is 0 Å². The molecule has 0 rings (SSSR count). The summed E-state index contributed by atoms with van der Waals surface area (Å²) in [6.07, 6.45) is 6.40. The molecule has 2 N–H and O–H groups in total. The maximum atomic E-state index is 5.77. The molecule has 3 atom stereocenters. The molecule has 0 aromatic rings. The highest BCUT2D eigenvalue weighted by Gasteiger charge is 2.33. The van der Waals surface area contributed by atoms with Crippen molar-refractivity contribution < 1.29 is 0 Å². The Morgan fingerprint density at radius 3 is 2.13 bits per heavy atom. The van der Waals surface area contributed by atoms with Gasteiger partial charge in [-0.1, -0.05) is 53.9 Å². The molecule has 0 saturated heterocycles. The summed E-state index contributed by atoms with van der Waals surface area (Å²) in [5.41, 5.74) is 6.27. The van der Waals surface area contributed by atoms with Crippen molar-refractivity contribution in [2.24, 2.45) is 23.0 Å². The molecule has 0 bridgehead atoms. The fraction of sp³-hybridized carbons (Fsp3) is 1.00. The zero-order valence-electron chi connectivity index (χ0n) is 11.5. The Kier molecular flexibility index (Phi) is 7.25. The van der Waals surface area contributed by atoms with E-state index in [1.807, 2.05) is 0 Å². The highest BCUT2D eigenvalue weighted by molar-refractivity contribution is 4.84. The fourth-order valence-corrected chi connectivity index (χ4v) is 2.98. The Labute approximate surface area is 96.8 Å². The van der Waals surface area contributed by atoms with Gasteiger partial charge in [-0.25, -0.2) is 0 Å². The van der Waals surface area contributed by atoms with E-state index >= 15 is 0 Å². The van der Waals surface area contributed by atoms with Crippen LogP contribution in [-0.2, 0) is 0 Å². The minimum absolute atomic E-state index is 0.504. The topological polar surface area (TPSA) is 26.0 Å². The second-order valence-corrected chi connectivity index (χ2v) is 5.33. The van der Waals surface area contributed by atoms with Crippen molar-refractivity contribution in [3.8, 4) is 0 Å². The van der Waals surface area contributed by atoms with Crippen molar-refractivity contribution in [2.45, 2.75) is 66.7 Å². The number of hydrogen-bond acceptors (Lipinski definition) is 1. The van der Waals surface area contributed by atoms with Crippen LogP contribution in [0.2, 0.25) is 0 Å². The molecule has 0 heterocycles. The van der Waals surface area contributed by atoms with E-state index in [-0.39, 0.29) is 0 Å². The molecule has 0 fully saturated rings. The lowest BCUT2D eigenvalue weighted by molar-refractivity contribution is 0.0979. The third-order valence-electron chi connectivity index (χ3n) is 4.33. The SMILES string of the molecule is CCCC(C)(CC)C(CCN)C(C)CC. The lowest BCUT2D eigenvalue weighted by Gasteiger charge is -2.40. The lowest BCUT2D eigenvalue weighted by Crippen LogP contribution is -2.33. The van der Waals surface area contributed by atoms with Gasteiger partial charge in [0.05, 0.1) is 0 Å². The van der Waals surface area contributed by atoms with Crippen LogP contribution in [-0.4, -0.2) is 6.54 Å². The van der Waals surface area contributed by atoms with Gasteiger partial charge in [0.25, 0.3) is 0 Å². The van der Waals surface area contributed by atoms with Gasteiger partial charge in [-0.15, -0.1) is 0 Å². The quantitative estimate of drug-likeness (QED) is 0.642. The zero-order valence-corrected chi connectivity index (χ0v) is 11.5. The number of hydrogen-bond donors (Lipinski definition) is 1. The highest BCUT2D eigenvalue weighted by Crippen LogP contribution is 2.42. The number of rotatable bonds is 8. The van der Waals surface area contributed by atoms with Gasteiger partial charge in [-0.05, 0) is 36.6 Å². The molecular formula is C14H31N. The summed E-state index contributed by atoms with van der Waals surface area (Å²) in [6.45, 7) is 12.6. The molecule has 0 amide bonds. The van der Waals surface area contributed by atoms with Crippen molar-refractivity contribution in [3.05, 3.63) is 0 Å². The molecule has 1 nitrogen and oxygen atoms in total. The van der Waals surface area contributed by atoms with Gasteiger partial charge >= 0.3 is 0 Å². The van der Waals surface area contributed by atoms with E-state index in [1.54, 1.807) is 0 Å². The van der Waals surface area contributed by atoms with Gasteiger partial charge in [-0.2, -0.15) is 0 Å². The van der Waals surface area contributed by atoms with Crippen LogP contribution in [0.1, 0.15) is 66.7 Å². The predicted molar refractivity (Wildman–Crippen MR) is 69.9 cm³/mol. The molecule has 1 heteroatoms. The molecule has 92 valence electrons. The average molecular weight is 213 g/mol. The fourth-order valence-electron chi connectivity index (χ4n) is 2.98. The van der Waals surface area contributed by atoms with E-state index in [9.17, 15) is 0 Å². The smallest absolute Gasteiger partial charge is 0.00743 e. The van der Waals surface area contributed by atoms with Crippen LogP contribution in [0, 0.1) is 17.3 Å². The minimum Gasteiger partial charge on any atom is -0.330 e. The molecular weight excluding hydrogens is 182 g/mol. The first-order chi connectivity index (χ1) is 7.05. The van der Waals surface area contributed by atoms with Crippen LogP contribution in [0.5, 0.6) is 0 Å². The summed E-state index contributed by atoms with van der Waals surface area (Å²) in [7, 11) is 0. The first-order valence-corrected chi connectivity index (χ1v) is 6.75.